The van der Waals surface area contributed by atoms with Gasteiger partial charge in [-0.05, 0) is 19.1 Å². The molecule has 0 heterocycles. The lowest BCUT2D eigenvalue weighted by Crippen LogP contribution is -2.16. The van der Waals surface area contributed by atoms with Gasteiger partial charge in [0.15, 0.2) is 5.75 Å². The Hall–Kier alpha value is -0.560. The third kappa shape index (κ3) is 3.70. The first-order chi connectivity index (χ1) is 7.75. The molecular formula is C10H11BrClNO3S. The van der Waals surface area contributed by atoms with E-state index in [0.29, 0.717) is 4.47 Å². The van der Waals surface area contributed by atoms with Crippen molar-refractivity contribution in [1.82, 2.24) is 0 Å². The summed E-state index contributed by atoms with van der Waals surface area (Å²) in [4.78, 5) is -0.162. The SMILES string of the molecule is C=CC(C)Oc1c(Cl)cc(Br)cc1S(N)(=O)=O. The maximum Gasteiger partial charge on any atom is 0.241 e. The van der Waals surface area contributed by atoms with Crippen molar-refractivity contribution < 1.29 is 13.2 Å². The number of benzene rings is 1. The van der Waals surface area contributed by atoms with E-state index < -0.39 is 10.0 Å². The average molecular weight is 341 g/mol. The summed E-state index contributed by atoms with van der Waals surface area (Å²) in [6, 6.07) is 2.87. The zero-order chi connectivity index (χ0) is 13.2. The van der Waals surface area contributed by atoms with E-state index >= 15 is 0 Å². The zero-order valence-electron chi connectivity index (χ0n) is 8.98. The molecule has 0 saturated carbocycles. The molecule has 0 bridgehead atoms. The van der Waals surface area contributed by atoms with E-state index in [1.165, 1.54) is 18.2 Å². The van der Waals surface area contributed by atoms with Crippen molar-refractivity contribution in [2.75, 3.05) is 0 Å². The van der Waals surface area contributed by atoms with Gasteiger partial charge >= 0.3 is 0 Å². The first kappa shape index (κ1) is 14.5. The van der Waals surface area contributed by atoms with Crippen LogP contribution in [0.4, 0.5) is 0 Å². The molecule has 2 N–H and O–H groups in total. The minimum Gasteiger partial charge on any atom is -0.484 e. The Morgan fingerprint density at radius 1 is 1.59 bits per heavy atom. The zero-order valence-corrected chi connectivity index (χ0v) is 12.1. The molecule has 94 valence electrons. The molecule has 0 saturated heterocycles. The van der Waals surface area contributed by atoms with Crippen LogP contribution < -0.4 is 9.88 Å². The minimum atomic E-state index is -3.91. The lowest BCUT2D eigenvalue weighted by Gasteiger charge is -2.15. The molecule has 17 heavy (non-hydrogen) atoms. The molecule has 1 aromatic carbocycles. The Balaban J connectivity index is 3.41. The maximum absolute atomic E-state index is 11.4. The van der Waals surface area contributed by atoms with Crippen molar-refractivity contribution in [2.24, 2.45) is 5.14 Å². The number of hydrogen-bond donors (Lipinski definition) is 1. The van der Waals surface area contributed by atoms with Crippen LogP contribution in [-0.4, -0.2) is 14.5 Å². The highest BCUT2D eigenvalue weighted by Crippen LogP contribution is 2.35. The summed E-state index contributed by atoms with van der Waals surface area (Å²) in [6.45, 7) is 5.24. The van der Waals surface area contributed by atoms with Gasteiger partial charge in [-0.15, -0.1) is 0 Å². The molecule has 4 nitrogen and oxygen atoms in total. The fraction of sp³-hybridized carbons (Fsp3) is 0.200. The van der Waals surface area contributed by atoms with Crippen LogP contribution in [0.15, 0.2) is 34.2 Å². The highest BCUT2D eigenvalue weighted by Gasteiger charge is 2.20. The number of primary sulfonamides is 1. The van der Waals surface area contributed by atoms with Crippen molar-refractivity contribution in [3.05, 3.63) is 34.3 Å². The van der Waals surface area contributed by atoms with Crippen molar-refractivity contribution in [2.45, 2.75) is 17.9 Å². The fourth-order valence-electron chi connectivity index (χ4n) is 1.10. The van der Waals surface area contributed by atoms with Crippen molar-refractivity contribution in [3.63, 3.8) is 0 Å². The van der Waals surface area contributed by atoms with E-state index in [-0.39, 0.29) is 21.8 Å². The number of nitrogens with two attached hydrogens (primary N) is 1. The number of halogens is 2. The predicted molar refractivity (Wildman–Crippen MR) is 70.8 cm³/mol. The summed E-state index contributed by atoms with van der Waals surface area (Å²) < 4.78 is 28.7. The number of hydrogen-bond acceptors (Lipinski definition) is 3. The normalized spacial score (nSPS) is 13.2. The van der Waals surface area contributed by atoms with E-state index in [1.54, 1.807) is 6.92 Å². The van der Waals surface area contributed by atoms with Crippen molar-refractivity contribution in [1.29, 1.82) is 0 Å². The van der Waals surface area contributed by atoms with Gasteiger partial charge in [0, 0.05) is 4.47 Å². The van der Waals surface area contributed by atoms with Gasteiger partial charge < -0.3 is 4.74 Å². The van der Waals surface area contributed by atoms with Crippen LogP contribution >= 0.6 is 27.5 Å². The van der Waals surface area contributed by atoms with Gasteiger partial charge in [0.1, 0.15) is 11.0 Å². The Morgan fingerprint density at radius 2 is 2.18 bits per heavy atom. The summed E-state index contributed by atoms with van der Waals surface area (Å²) in [5.41, 5.74) is 0. The van der Waals surface area contributed by atoms with Crippen LogP contribution in [0.25, 0.3) is 0 Å². The summed E-state index contributed by atoms with van der Waals surface area (Å²) in [6.07, 6.45) is 1.14. The predicted octanol–water partition coefficient (Wildman–Crippen LogP) is 2.70. The second kappa shape index (κ2) is 5.39. The van der Waals surface area contributed by atoms with E-state index in [0.717, 1.165) is 0 Å². The van der Waals surface area contributed by atoms with Crippen LogP contribution in [0.3, 0.4) is 0 Å². The molecule has 1 rings (SSSR count). The van der Waals surface area contributed by atoms with Crippen LogP contribution in [0.1, 0.15) is 6.92 Å². The number of rotatable bonds is 4. The van der Waals surface area contributed by atoms with Gasteiger partial charge in [-0.1, -0.05) is 40.2 Å². The number of sulfonamides is 1. The van der Waals surface area contributed by atoms with E-state index in [2.05, 4.69) is 22.5 Å². The lowest BCUT2D eigenvalue weighted by atomic mass is 10.3. The summed E-state index contributed by atoms with van der Waals surface area (Å²) in [5, 5.41) is 5.26. The average Bonchev–Trinajstić information content (AvgIpc) is 2.19. The molecule has 0 spiro atoms. The Kier molecular flexibility index (Phi) is 4.60. The minimum absolute atomic E-state index is 0.0322. The fourth-order valence-corrected chi connectivity index (χ4v) is 2.87. The van der Waals surface area contributed by atoms with Crippen LogP contribution in [-0.2, 0) is 10.0 Å². The largest absolute Gasteiger partial charge is 0.484 e. The standard InChI is InChI=1S/C10H11BrClNO3S/c1-3-6(2)16-10-8(12)4-7(11)5-9(10)17(13,14)15/h3-6H,1H2,2H3,(H2,13,14,15). The first-order valence-corrected chi connectivity index (χ1v) is 7.28. The van der Waals surface area contributed by atoms with Crippen molar-refractivity contribution in [3.8, 4) is 5.75 Å². The molecule has 1 atom stereocenters. The van der Waals surface area contributed by atoms with Gasteiger partial charge in [-0.3, -0.25) is 0 Å². The molecule has 1 aromatic rings. The Labute approximate surface area is 114 Å². The number of ether oxygens (including phenoxy) is 1. The quantitative estimate of drug-likeness (QED) is 0.857. The first-order valence-electron chi connectivity index (χ1n) is 4.56. The second-order valence-electron chi connectivity index (χ2n) is 3.32. The van der Waals surface area contributed by atoms with E-state index in [9.17, 15) is 8.42 Å². The molecule has 0 radical (unpaired) electrons. The van der Waals surface area contributed by atoms with Crippen molar-refractivity contribution >= 4 is 37.6 Å². The Morgan fingerprint density at radius 3 is 2.65 bits per heavy atom. The lowest BCUT2D eigenvalue weighted by molar-refractivity contribution is 0.263. The highest BCUT2D eigenvalue weighted by atomic mass is 79.9. The third-order valence-electron chi connectivity index (χ3n) is 1.92. The molecule has 0 aliphatic rings. The molecule has 0 aliphatic carbocycles. The monoisotopic (exact) mass is 339 g/mol. The second-order valence-corrected chi connectivity index (χ2v) is 6.17. The third-order valence-corrected chi connectivity index (χ3v) is 3.57. The molecule has 1 unspecified atom stereocenters. The molecular weight excluding hydrogens is 330 g/mol. The van der Waals surface area contributed by atoms with Gasteiger partial charge in [0.05, 0.1) is 5.02 Å². The van der Waals surface area contributed by atoms with Gasteiger partial charge in [0.2, 0.25) is 10.0 Å². The van der Waals surface area contributed by atoms with Gasteiger partial charge in [0.25, 0.3) is 0 Å². The van der Waals surface area contributed by atoms with E-state index in [1.807, 2.05) is 0 Å². The van der Waals surface area contributed by atoms with Crippen LogP contribution in [0, 0.1) is 0 Å². The van der Waals surface area contributed by atoms with E-state index in [4.69, 9.17) is 21.5 Å². The Bertz CT molecular complexity index is 545. The summed E-state index contributed by atoms with van der Waals surface area (Å²) in [5.74, 6) is 0.0322. The van der Waals surface area contributed by atoms with Gasteiger partial charge in [-0.2, -0.15) is 0 Å². The summed E-state index contributed by atoms with van der Waals surface area (Å²) >= 11 is 9.08. The smallest absolute Gasteiger partial charge is 0.241 e. The van der Waals surface area contributed by atoms with Gasteiger partial charge in [-0.25, -0.2) is 13.6 Å². The topological polar surface area (TPSA) is 69.4 Å². The summed E-state index contributed by atoms with van der Waals surface area (Å²) in [7, 11) is -3.91. The molecule has 0 aliphatic heterocycles. The highest BCUT2D eigenvalue weighted by molar-refractivity contribution is 9.10. The maximum atomic E-state index is 11.4. The van der Waals surface area contributed by atoms with Crippen LogP contribution in [0.2, 0.25) is 5.02 Å². The van der Waals surface area contributed by atoms with Crippen LogP contribution in [0.5, 0.6) is 5.75 Å². The molecule has 0 fully saturated rings. The molecule has 7 heteroatoms. The molecule has 0 amide bonds. The molecule has 0 aromatic heterocycles.